The summed E-state index contributed by atoms with van der Waals surface area (Å²) in [7, 11) is 0. The second-order valence-corrected chi connectivity index (χ2v) is 4.92. The zero-order valence-corrected chi connectivity index (χ0v) is 11.4. The van der Waals surface area contributed by atoms with Crippen LogP contribution in [-0.2, 0) is 11.2 Å². The fraction of sp³-hybridized carbons (Fsp3) is 0.692. The smallest absolute Gasteiger partial charge is 0.257 e. The predicted molar refractivity (Wildman–Crippen MR) is 68.0 cm³/mol. The molecular weight excluding hydrogens is 248 g/mol. The Morgan fingerprint density at radius 2 is 2.16 bits per heavy atom. The summed E-state index contributed by atoms with van der Waals surface area (Å²) in [5.74, 6) is 0.279. The van der Waals surface area contributed by atoms with Crippen molar-refractivity contribution >= 4 is 5.91 Å². The van der Waals surface area contributed by atoms with Crippen molar-refractivity contribution < 1.29 is 19.2 Å². The number of hydrogen-bond donors (Lipinski definition) is 2. The number of aromatic nitrogens is 1. The third kappa shape index (κ3) is 2.79. The Morgan fingerprint density at radius 1 is 1.47 bits per heavy atom. The summed E-state index contributed by atoms with van der Waals surface area (Å²) in [6.07, 6.45) is 1.86. The maximum Gasteiger partial charge on any atom is 0.257 e. The van der Waals surface area contributed by atoms with E-state index in [1.54, 1.807) is 6.92 Å². The minimum Gasteiger partial charge on any atom is -0.394 e. The van der Waals surface area contributed by atoms with Gasteiger partial charge in [-0.2, -0.15) is 0 Å². The van der Waals surface area contributed by atoms with Gasteiger partial charge in [-0.15, -0.1) is 0 Å². The number of nitrogens with zero attached hydrogens (tertiary/aromatic N) is 1. The first-order valence-corrected chi connectivity index (χ1v) is 6.58. The van der Waals surface area contributed by atoms with Crippen molar-refractivity contribution in [3.8, 4) is 0 Å². The highest BCUT2D eigenvalue weighted by Crippen LogP contribution is 2.22. The molecule has 0 aliphatic carbocycles. The number of aliphatic hydroxyl groups is 1. The van der Waals surface area contributed by atoms with E-state index in [1.165, 1.54) is 0 Å². The molecule has 1 aliphatic rings. The van der Waals surface area contributed by atoms with Crippen LogP contribution in [0.1, 0.15) is 41.6 Å². The van der Waals surface area contributed by atoms with Crippen molar-refractivity contribution in [1.82, 2.24) is 10.5 Å². The highest BCUT2D eigenvalue weighted by molar-refractivity contribution is 5.96. The molecule has 6 heteroatoms. The number of amides is 1. The molecule has 0 unspecified atom stereocenters. The lowest BCUT2D eigenvalue weighted by Gasteiger charge is -2.36. The molecule has 1 aliphatic heterocycles. The molecule has 1 fully saturated rings. The largest absolute Gasteiger partial charge is 0.394 e. The second-order valence-electron chi connectivity index (χ2n) is 4.92. The average molecular weight is 268 g/mol. The number of aryl methyl sites for hydroxylation is 2. The van der Waals surface area contributed by atoms with Crippen LogP contribution in [0.3, 0.4) is 0 Å². The van der Waals surface area contributed by atoms with Crippen molar-refractivity contribution in [3.05, 3.63) is 17.0 Å². The minimum atomic E-state index is -0.593. The van der Waals surface area contributed by atoms with Gasteiger partial charge < -0.3 is 19.7 Å². The van der Waals surface area contributed by atoms with Crippen molar-refractivity contribution in [3.63, 3.8) is 0 Å². The maximum absolute atomic E-state index is 12.4. The van der Waals surface area contributed by atoms with Crippen LogP contribution >= 0.6 is 0 Å². The molecule has 0 saturated carbocycles. The van der Waals surface area contributed by atoms with E-state index in [9.17, 15) is 9.90 Å². The molecule has 0 aromatic carbocycles. The summed E-state index contributed by atoms with van der Waals surface area (Å²) < 4.78 is 10.3. The summed E-state index contributed by atoms with van der Waals surface area (Å²) in [4.78, 5) is 12.4. The molecule has 1 saturated heterocycles. The summed E-state index contributed by atoms with van der Waals surface area (Å²) in [5.41, 5.74) is 0.543. The van der Waals surface area contributed by atoms with Crippen LogP contribution in [0.15, 0.2) is 4.52 Å². The lowest BCUT2D eigenvalue weighted by molar-refractivity contribution is 0.0125. The Balaban J connectivity index is 2.17. The Labute approximate surface area is 112 Å². The molecular formula is C13H20N2O4. The number of aliphatic hydroxyl groups excluding tert-OH is 1. The second kappa shape index (κ2) is 5.71. The molecule has 0 bridgehead atoms. The van der Waals surface area contributed by atoms with Gasteiger partial charge in [0.1, 0.15) is 11.3 Å². The van der Waals surface area contributed by atoms with E-state index in [1.807, 2.05) is 6.92 Å². The van der Waals surface area contributed by atoms with Crippen molar-refractivity contribution in [2.24, 2.45) is 0 Å². The van der Waals surface area contributed by atoms with Crippen LogP contribution in [0.4, 0.5) is 0 Å². The van der Waals surface area contributed by atoms with Crippen LogP contribution in [0, 0.1) is 6.92 Å². The van der Waals surface area contributed by atoms with Gasteiger partial charge in [-0.1, -0.05) is 12.1 Å². The number of carbonyl (C=O) groups excluding carboxylic acids is 1. The first-order chi connectivity index (χ1) is 9.12. The molecule has 6 nitrogen and oxygen atoms in total. The number of ether oxygens (including phenoxy) is 1. The third-order valence-corrected chi connectivity index (χ3v) is 3.63. The highest BCUT2D eigenvalue weighted by atomic mass is 16.5. The summed E-state index contributed by atoms with van der Waals surface area (Å²) >= 11 is 0. The first-order valence-electron chi connectivity index (χ1n) is 6.58. The minimum absolute atomic E-state index is 0.0894. The summed E-state index contributed by atoms with van der Waals surface area (Å²) in [6, 6.07) is 0. The van der Waals surface area contributed by atoms with Gasteiger partial charge in [0, 0.05) is 13.2 Å². The lowest BCUT2D eigenvalue weighted by Crippen LogP contribution is -2.54. The van der Waals surface area contributed by atoms with E-state index >= 15 is 0 Å². The number of nitrogens with one attached hydrogen (secondary N) is 1. The van der Waals surface area contributed by atoms with Gasteiger partial charge in [0.25, 0.3) is 5.91 Å². The van der Waals surface area contributed by atoms with Gasteiger partial charge in [-0.05, 0) is 26.2 Å². The third-order valence-electron chi connectivity index (χ3n) is 3.63. The van der Waals surface area contributed by atoms with Gasteiger partial charge in [0.05, 0.1) is 17.8 Å². The Kier molecular flexibility index (Phi) is 4.21. The summed E-state index contributed by atoms with van der Waals surface area (Å²) in [5, 5.41) is 16.4. The lowest BCUT2D eigenvalue weighted by atomic mass is 9.90. The van der Waals surface area contributed by atoms with Crippen LogP contribution in [0.25, 0.3) is 0 Å². The maximum atomic E-state index is 12.4. The number of hydrogen-bond acceptors (Lipinski definition) is 5. The Bertz CT molecular complexity index is 449. The van der Waals surface area contributed by atoms with Crippen molar-refractivity contribution in [2.45, 2.75) is 38.6 Å². The van der Waals surface area contributed by atoms with E-state index in [-0.39, 0.29) is 12.5 Å². The van der Waals surface area contributed by atoms with E-state index in [0.717, 1.165) is 0 Å². The molecule has 2 rings (SSSR count). The van der Waals surface area contributed by atoms with Gasteiger partial charge in [-0.25, -0.2) is 0 Å². The molecule has 1 amide bonds. The molecule has 0 spiro atoms. The zero-order chi connectivity index (χ0) is 13.9. The molecule has 0 atom stereocenters. The predicted octanol–water partition coefficient (Wildman–Crippen LogP) is 0.817. The van der Waals surface area contributed by atoms with Gasteiger partial charge >= 0.3 is 0 Å². The molecule has 2 heterocycles. The fourth-order valence-electron chi connectivity index (χ4n) is 2.34. The number of carbonyl (C=O) groups is 1. The Morgan fingerprint density at radius 3 is 2.74 bits per heavy atom. The molecule has 2 N–H and O–H groups in total. The van der Waals surface area contributed by atoms with Crippen molar-refractivity contribution in [2.75, 3.05) is 19.8 Å². The summed E-state index contributed by atoms with van der Waals surface area (Å²) in [6.45, 7) is 4.64. The molecule has 106 valence electrons. The SMILES string of the molecule is CCc1noc(C)c1C(=O)NC1(CO)CCOCC1. The van der Waals surface area contributed by atoms with Gasteiger partial charge in [0.2, 0.25) is 0 Å². The molecule has 0 radical (unpaired) electrons. The van der Waals surface area contributed by atoms with E-state index in [4.69, 9.17) is 9.26 Å². The monoisotopic (exact) mass is 268 g/mol. The normalized spacial score (nSPS) is 18.3. The van der Waals surface area contributed by atoms with E-state index in [2.05, 4.69) is 10.5 Å². The average Bonchev–Trinajstić information content (AvgIpc) is 2.81. The standard InChI is InChI=1S/C13H20N2O4/c1-3-10-11(9(2)19-15-10)12(17)14-13(8-16)4-6-18-7-5-13/h16H,3-8H2,1-2H3,(H,14,17). The van der Waals surface area contributed by atoms with Crippen LogP contribution in [0.5, 0.6) is 0 Å². The first kappa shape index (κ1) is 14.0. The van der Waals surface area contributed by atoms with Gasteiger partial charge in [0.15, 0.2) is 0 Å². The van der Waals surface area contributed by atoms with Crippen LogP contribution in [-0.4, -0.2) is 41.5 Å². The Hall–Kier alpha value is -1.40. The molecule has 1 aromatic heterocycles. The number of rotatable bonds is 4. The van der Waals surface area contributed by atoms with Gasteiger partial charge in [-0.3, -0.25) is 4.79 Å². The molecule has 19 heavy (non-hydrogen) atoms. The van der Waals surface area contributed by atoms with E-state index < -0.39 is 5.54 Å². The van der Waals surface area contributed by atoms with Crippen LogP contribution in [0.2, 0.25) is 0 Å². The quantitative estimate of drug-likeness (QED) is 0.844. The van der Waals surface area contributed by atoms with Crippen LogP contribution < -0.4 is 5.32 Å². The van der Waals surface area contributed by atoms with E-state index in [0.29, 0.717) is 49.5 Å². The highest BCUT2D eigenvalue weighted by Gasteiger charge is 2.35. The fourth-order valence-corrected chi connectivity index (χ4v) is 2.34. The van der Waals surface area contributed by atoms with Crippen molar-refractivity contribution in [1.29, 1.82) is 0 Å². The zero-order valence-electron chi connectivity index (χ0n) is 11.4. The molecule has 1 aromatic rings. The topological polar surface area (TPSA) is 84.6 Å².